The SMILES string of the molecule is Cc1cnn2cc(N)nc2c1. The van der Waals surface area contributed by atoms with Gasteiger partial charge in [0.2, 0.25) is 0 Å². The van der Waals surface area contributed by atoms with E-state index in [4.69, 9.17) is 5.73 Å². The fraction of sp³-hybridized carbons (Fsp3) is 0.143. The number of fused-ring (bicyclic) bond motifs is 1. The second kappa shape index (κ2) is 1.95. The number of imidazole rings is 1. The largest absolute Gasteiger partial charge is 0.382 e. The van der Waals surface area contributed by atoms with Crippen molar-refractivity contribution in [3.63, 3.8) is 0 Å². The molecule has 2 aromatic rings. The Morgan fingerprint density at radius 1 is 1.55 bits per heavy atom. The third-order valence-electron chi connectivity index (χ3n) is 1.48. The highest BCUT2D eigenvalue weighted by Gasteiger charge is 1.97. The van der Waals surface area contributed by atoms with Crippen LogP contribution < -0.4 is 5.73 Å². The highest BCUT2D eigenvalue weighted by molar-refractivity contribution is 5.46. The molecule has 4 nitrogen and oxygen atoms in total. The van der Waals surface area contributed by atoms with Crippen molar-refractivity contribution in [1.29, 1.82) is 0 Å². The van der Waals surface area contributed by atoms with Crippen LogP contribution >= 0.6 is 0 Å². The third kappa shape index (κ3) is 0.920. The maximum absolute atomic E-state index is 5.47. The van der Waals surface area contributed by atoms with E-state index in [-0.39, 0.29) is 0 Å². The smallest absolute Gasteiger partial charge is 0.156 e. The molecule has 0 bridgehead atoms. The fourth-order valence-corrected chi connectivity index (χ4v) is 0.989. The molecule has 0 amide bonds. The van der Waals surface area contributed by atoms with E-state index in [2.05, 4.69) is 10.1 Å². The lowest BCUT2D eigenvalue weighted by molar-refractivity contribution is 0.927. The highest BCUT2D eigenvalue weighted by Crippen LogP contribution is 2.05. The van der Waals surface area contributed by atoms with E-state index in [1.165, 1.54) is 0 Å². The molecule has 11 heavy (non-hydrogen) atoms. The van der Waals surface area contributed by atoms with Gasteiger partial charge in [-0.15, -0.1) is 0 Å². The number of nitrogen functional groups attached to an aromatic ring is 1. The van der Waals surface area contributed by atoms with Crippen LogP contribution in [0.2, 0.25) is 0 Å². The van der Waals surface area contributed by atoms with Gasteiger partial charge in [0.25, 0.3) is 0 Å². The number of aromatic nitrogens is 3. The summed E-state index contributed by atoms with van der Waals surface area (Å²) in [4.78, 5) is 4.05. The van der Waals surface area contributed by atoms with Crippen LogP contribution in [0, 0.1) is 6.92 Å². The molecular formula is C7H8N4. The van der Waals surface area contributed by atoms with E-state index in [0.717, 1.165) is 11.2 Å². The molecule has 2 N–H and O–H groups in total. The Morgan fingerprint density at radius 3 is 3.18 bits per heavy atom. The molecule has 2 rings (SSSR count). The third-order valence-corrected chi connectivity index (χ3v) is 1.48. The lowest BCUT2D eigenvalue weighted by Crippen LogP contribution is -1.89. The van der Waals surface area contributed by atoms with Gasteiger partial charge in [0.15, 0.2) is 5.65 Å². The maximum atomic E-state index is 5.47. The van der Waals surface area contributed by atoms with Crippen molar-refractivity contribution in [3.8, 4) is 0 Å². The Bertz CT molecular complexity index is 390. The van der Waals surface area contributed by atoms with E-state index >= 15 is 0 Å². The Hall–Kier alpha value is -1.58. The van der Waals surface area contributed by atoms with Gasteiger partial charge in [-0.25, -0.2) is 9.50 Å². The summed E-state index contributed by atoms with van der Waals surface area (Å²) in [6.07, 6.45) is 3.46. The molecule has 2 heterocycles. The zero-order valence-electron chi connectivity index (χ0n) is 6.15. The number of aryl methyl sites for hydroxylation is 1. The molecule has 0 fully saturated rings. The molecule has 0 aliphatic heterocycles. The van der Waals surface area contributed by atoms with Crippen LogP contribution in [0.3, 0.4) is 0 Å². The number of rotatable bonds is 0. The number of nitrogens with two attached hydrogens (primary N) is 1. The van der Waals surface area contributed by atoms with Crippen molar-refractivity contribution in [1.82, 2.24) is 14.6 Å². The first-order valence-corrected chi connectivity index (χ1v) is 3.33. The summed E-state index contributed by atoms with van der Waals surface area (Å²) in [6, 6.07) is 1.93. The van der Waals surface area contributed by atoms with Crippen LogP contribution in [-0.2, 0) is 0 Å². The topological polar surface area (TPSA) is 56.2 Å². The second-order valence-corrected chi connectivity index (χ2v) is 2.50. The normalized spacial score (nSPS) is 10.6. The molecule has 56 valence electrons. The van der Waals surface area contributed by atoms with Crippen molar-refractivity contribution in [2.75, 3.05) is 5.73 Å². The molecule has 0 radical (unpaired) electrons. The number of hydrogen-bond donors (Lipinski definition) is 1. The molecule has 0 unspecified atom stereocenters. The standard InChI is InChI=1S/C7H8N4/c1-5-2-7-10-6(8)4-11(7)9-3-5/h2-4H,8H2,1H3. The molecule has 2 aromatic heterocycles. The van der Waals surface area contributed by atoms with E-state index < -0.39 is 0 Å². The minimum atomic E-state index is 0.503. The molecule has 0 atom stereocenters. The van der Waals surface area contributed by atoms with Crippen LogP contribution in [0.1, 0.15) is 5.56 Å². The summed E-state index contributed by atoms with van der Waals surface area (Å²) in [6.45, 7) is 1.97. The first kappa shape index (κ1) is 6.15. The molecule has 0 saturated carbocycles. The predicted molar refractivity (Wildman–Crippen MR) is 42.1 cm³/mol. The first-order valence-electron chi connectivity index (χ1n) is 3.33. The maximum Gasteiger partial charge on any atom is 0.156 e. The summed E-state index contributed by atoms with van der Waals surface area (Å²) < 4.78 is 1.66. The van der Waals surface area contributed by atoms with Crippen molar-refractivity contribution < 1.29 is 0 Å². The Balaban J connectivity index is 2.82. The summed E-state index contributed by atoms with van der Waals surface area (Å²) in [5.41, 5.74) is 7.35. The van der Waals surface area contributed by atoms with Gasteiger partial charge in [-0.2, -0.15) is 5.10 Å². The minimum absolute atomic E-state index is 0.503. The monoisotopic (exact) mass is 148 g/mol. The van der Waals surface area contributed by atoms with Gasteiger partial charge < -0.3 is 5.73 Å². The molecule has 0 saturated heterocycles. The number of hydrogen-bond acceptors (Lipinski definition) is 3. The van der Waals surface area contributed by atoms with Gasteiger partial charge in [0, 0.05) is 0 Å². The van der Waals surface area contributed by atoms with Gasteiger partial charge in [0.05, 0.1) is 12.4 Å². The van der Waals surface area contributed by atoms with Crippen LogP contribution in [0.5, 0.6) is 0 Å². The fourth-order valence-electron chi connectivity index (χ4n) is 0.989. The zero-order chi connectivity index (χ0) is 7.84. The van der Waals surface area contributed by atoms with Crippen molar-refractivity contribution in [3.05, 3.63) is 24.0 Å². The van der Waals surface area contributed by atoms with E-state index in [1.54, 1.807) is 16.9 Å². The molecule has 0 aliphatic carbocycles. The summed E-state index contributed by atoms with van der Waals surface area (Å²) in [5, 5.41) is 4.08. The van der Waals surface area contributed by atoms with Crippen LogP contribution in [-0.4, -0.2) is 14.6 Å². The quantitative estimate of drug-likeness (QED) is 0.595. The van der Waals surface area contributed by atoms with Gasteiger partial charge in [-0.1, -0.05) is 0 Å². The second-order valence-electron chi connectivity index (χ2n) is 2.50. The lowest BCUT2D eigenvalue weighted by atomic mass is 10.3. The van der Waals surface area contributed by atoms with Gasteiger partial charge in [0.1, 0.15) is 5.82 Å². The molecular weight excluding hydrogens is 140 g/mol. The summed E-state index contributed by atoms with van der Waals surface area (Å²) >= 11 is 0. The molecule has 0 aromatic carbocycles. The van der Waals surface area contributed by atoms with Gasteiger partial charge in [-0.3, -0.25) is 0 Å². The van der Waals surface area contributed by atoms with E-state index in [1.807, 2.05) is 13.0 Å². The van der Waals surface area contributed by atoms with Crippen LogP contribution in [0.25, 0.3) is 5.65 Å². The lowest BCUT2D eigenvalue weighted by Gasteiger charge is -1.91. The van der Waals surface area contributed by atoms with Gasteiger partial charge in [-0.05, 0) is 18.6 Å². The average Bonchev–Trinajstić information content (AvgIpc) is 2.27. The molecule has 4 heteroatoms. The minimum Gasteiger partial charge on any atom is -0.382 e. The Kier molecular flexibility index (Phi) is 1.09. The van der Waals surface area contributed by atoms with E-state index in [0.29, 0.717) is 5.82 Å². The van der Waals surface area contributed by atoms with Crippen molar-refractivity contribution in [2.45, 2.75) is 6.92 Å². The Labute approximate surface area is 63.7 Å². The highest BCUT2D eigenvalue weighted by atomic mass is 15.2. The van der Waals surface area contributed by atoms with Crippen molar-refractivity contribution in [2.24, 2.45) is 0 Å². The van der Waals surface area contributed by atoms with Crippen LogP contribution in [0.15, 0.2) is 18.5 Å². The Morgan fingerprint density at radius 2 is 2.36 bits per heavy atom. The number of nitrogens with zero attached hydrogens (tertiary/aromatic N) is 3. The summed E-state index contributed by atoms with van der Waals surface area (Å²) in [5.74, 6) is 0.503. The summed E-state index contributed by atoms with van der Waals surface area (Å²) in [7, 11) is 0. The van der Waals surface area contributed by atoms with E-state index in [9.17, 15) is 0 Å². The predicted octanol–water partition coefficient (Wildman–Crippen LogP) is 0.620. The number of anilines is 1. The van der Waals surface area contributed by atoms with Gasteiger partial charge >= 0.3 is 0 Å². The van der Waals surface area contributed by atoms with Crippen LogP contribution in [0.4, 0.5) is 5.82 Å². The first-order chi connectivity index (χ1) is 5.25. The molecule has 0 spiro atoms. The average molecular weight is 148 g/mol. The van der Waals surface area contributed by atoms with Crippen molar-refractivity contribution >= 4 is 11.5 Å². The zero-order valence-corrected chi connectivity index (χ0v) is 6.15. The molecule has 0 aliphatic rings.